The van der Waals surface area contributed by atoms with Crippen LogP contribution in [0.3, 0.4) is 0 Å². The van der Waals surface area contributed by atoms with Crippen LogP contribution in [0.25, 0.3) is 10.9 Å². The fourth-order valence-corrected chi connectivity index (χ4v) is 4.23. The topological polar surface area (TPSA) is 64.0 Å². The number of carbonyl (C=O) groups is 1. The van der Waals surface area contributed by atoms with Crippen molar-refractivity contribution in [2.75, 3.05) is 0 Å². The zero-order valence-corrected chi connectivity index (χ0v) is 17.1. The summed E-state index contributed by atoms with van der Waals surface area (Å²) < 4.78 is 14.8. The molecule has 3 aromatic rings. The third-order valence-corrected chi connectivity index (χ3v) is 6.13. The lowest BCUT2D eigenvalue weighted by Crippen LogP contribution is -2.33. The van der Waals surface area contributed by atoms with Gasteiger partial charge in [-0.05, 0) is 56.5 Å². The van der Waals surface area contributed by atoms with E-state index in [0.29, 0.717) is 16.1 Å². The minimum Gasteiger partial charge on any atom is -0.349 e. The summed E-state index contributed by atoms with van der Waals surface area (Å²) in [4.78, 5) is 30.3. The van der Waals surface area contributed by atoms with Crippen LogP contribution >= 0.6 is 11.8 Å². The maximum atomic E-state index is 13.1. The first-order valence-electron chi connectivity index (χ1n) is 9.68. The lowest BCUT2D eigenvalue weighted by atomic mass is 10.1. The molecule has 0 bridgehead atoms. The third-order valence-electron chi connectivity index (χ3n) is 5.07. The first-order chi connectivity index (χ1) is 13.9. The van der Waals surface area contributed by atoms with E-state index >= 15 is 0 Å². The lowest BCUT2D eigenvalue weighted by molar-refractivity contribution is -0.120. The van der Waals surface area contributed by atoms with Crippen LogP contribution in [0.15, 0.2) is 58.5 Å². The zero-order chi connectivity index (χ0) is 20.5. The first-order valence-corrected chi connectivity index (χ1v) is 10.6. The van der Waals surface area contributed by atoms with E-state index in [0.717, 1.165) is 18.4 Å². The van der Waals surface area contributed by atoms with E-state index in [9.17, 15) is 14.0 Å². The van der Waals surface area contributed by atoms with Gasteiger partial charge in [0.15, 0.2) is 5.16 Å². The molecule has 0 aliphatic heterocycles. The zero-order valence-electron chi connectivity index (χ0n) is 16.3. The van der Waals surface area contributed by atoms with Crippen molar-refractivity contribution in [3.63, 3.8) is 0 Å². The fraction of sp³-hybridized carbons (Fsp3) is 0.318. The number of carbonyl (C=O) groups excluding carboxylic acids is 1. The Kier molecular flexibility index (Phi) is 5.41. The summed E-state index contributed by atoms with van der Waals surface area (Å²) in [7, 11) is 0. The van der Waals surface area contributed by atoms with E-state index in [1.165, 1.54) is 23.9 Å². The van der Waals surface area contributed by atoms with E-state index < -0.39 is 5.25 Å². The molecule has 5 nitrogen and oxygen atoms in total. The number of para-hydroxylation sites is 1. The highest BCUT2D eigenvalue weighted by molar-refractivity contribution is 8.00. The summed E-state index contributed by atoms with van der Waals surface area (Å²) in [6, 6.07) is 13.3. The molecule has 1 heterocycles. The molecule has 0 radical (unpaired) electrons. The van der Waals surface area contributed by atoms with Gasteiger partial charge in [-0.15, -0.1) is 0 Å². The number of fused-ring (bicyclic) bond motifs is 1. The third kappa shape index (κ3) is 4.19. The van der Waals surface area contributed by atoms with Crippen LogP contribution < -0.4 is 10.9 Å². The highest BCUT2D eigenvalue weighted by atomic mass is 32.2. The van der Waals surface area contributed by atoms with Gasteiger partial charge in [0, 0.05) is 6.04 Å². The second kappa shape index (κ2) is 7.99. The highest BCUT2D eigenvalue weighted by Crippen LogP contribution is 2.37. The van der Waals surface area contributed by atoms with Crippen molar-refractivity contribution in [1.29, 1.82) is 0 Å². The fourth-order valence-electron chi connectivity index (χ4n) is 3.24. The molecule has 0 spiro atoms. The summed E-state index contributed by atoms with van der Waals surface area (Å²) in [6.07, 6.45) is 1.91. The second-order valence-electron chi connectivity index (χ2n) is 7.36. The number of halogens is 1. The molecular weight excluding hydrogens is 389 g/mol. The predicted octanol–water partition coefficient (Wildman–Crippen LogP) is 4.23. The van der Waals surface area contributed by atoms with Crippen LogP contribution in [0, 0.1) is 5.82 Å². The summed E-state index contributed by atoms with van der Waals surface area (Å²) in [5.41, 5.74) is 1.42. The number of rotatable bonds is 6. The average molecular weight is 412 g/mol. The van der Waals surface area contributed by atoms with Crippen LogP contribution in [0.5, 0.6) is 0 Å². The Morgan fingerprint density at radius 3 is 2.55 bits per heavy atom. The van der Waals surface area contributed by atoms with Crippen LogP contribution in [0.1, 0.15) is 44.3 Å². The SMILES string of the molecule is C[C@H](Sc1nc2ccccc2c(=O)n1C1CC1)C(=O)N[C@H](C)c1ccc(F)cc1. The Labute approximate surface area is 172 Å². The van der Waals surface area contributed by atoms with E-state index in [1.807, 2.05) is 25.1 Å². The molecule has 0 saturated heterocycles. The van der Waals surface area contributed by atoms with Crippen molar-refractivity contribution in [3.8, 4) is 0 Å². The molecule has 7 heteroatoms. The average Bonchev–Trinajstić information content (AvgIpc) is 3.53. The number of nitrogens with one attached hydrogen (secondary N) is 1. The minimum atomic E-state index is -0.434. The maximum absolute atomic E-state index is 13.1. The molecule has 29 heavy (non-hydrogen) atoms. The number of hydrogen-bond donors (Lipinski definition) is 1. The van der Waals surface area contributed by atoms with Crippen LogP contribution in [-0.2, 0) is 4.79 Å². The van der Waals surface area contributed by atoms with Crippen molar-refractivity contribution in [2.24, 2.45) is 0 Å². The number of aromatic nitrogens is 2. The van der Waals surface area contributed by atoms with Gasteiger partial charge >= 0.3 is 0 Å². The molecule has 1 amide bonds. The molecule has 0 unspecified atom stereocenters. The van der Waals surface area contributed by atoms with Gasteiger partial charge in [-0.3, -0.25) is 14.2 Å². The van der Waals surface area contributed by atoms with Gasteiger partial charge in [0.05, 0.1) is 22.2 Å². The molecule has 1 saturated carbocycles. The largest absolute Gasteiger partial charge is 0.349 e. The molecule has 150 valence electrons. The Hall–Kier alpha value is -2.67. The summed E-state index contributed by atoms with van der Waals surface area (Å²) in [5.74, 6) is -0.465. The molecule has 4 rings (SSSR count). The quantitative estimate of drug-likeness (QED) is 0.487. The van der Waals surface area contributed by atoms with Gasteiger partial charge in [-0.2, -0.15) is 0 Å². The van der Waals surface area contributed by atoms with E-state index in [-0.39, 0.29) is 29.4 Å². The van der Waals surface area contributed by atoms with E-state index in [2.05, 4.69) is 10.3 Å². The Bertz CT molecular complexity index is 1110. The highest BCUT2D eigenvalue weighted by Gasteiger charge is 2.30. The summed E-state index contributed by atoms with van der Waals surface area (Å²) >= 11 is 1.30. The maximum Gasteiger partial charge on any atom is 0.262 e. The molecule has 1 fully saturated rings. The monoisotopic (exact) mass is 411 g/mol. The molecule has 1 N–H and O–H groups in total. The van der Waals surface area contributed by atoms with Gasteiger partial charge in [0.1, 0.15) is 5.82 Å². The number of nitrogens with zero attached hydrogens (tertiary/aromatic N) is 2. The number of hydrogen-bond acceptors (Lipinski definition) is 4. The normalized spacial score (nSPS) is 15.8. The van der Waals surface area contributed by atoms with Crippen molar-refractivity contribution < 1.29 is 9.18 Å². The summed E-state index contributed by atoms with van der Waals surface area (Å²) in [5, 5.41) is 3.70. The lowest BCUT2D eigenvalue weighted by Gasteiger charge is -2.19. The molecule has 2 atom stereocenters. The van der Waals surface area contributed by atoms with Crippen molar-refractivity contribution in [2.45, 2.75) is 49.2 Å². The minimum absolute atomic E-state index is 0.0483. The van der Waals surface area contributed by atoms with Crippen molar-refractivity contribution in [3.05, 3.63) is 70.3 Å². The van der Waals surface area contributed by atoms with Gasteiger partial charge < -0.3 is 5.32 Å². The molecular formula is C22H22FN3O2S. The van der Waals surface area contributed by atoms with Crippen molar-refractivity contribution >= 4 is 28.6 Å². The Morgan fingerprint density at radius 2 is 1.86 bits per heavy atom. The van der Waals surface area contributed by atoms with Gasteiger partial charge in [0.2, 0.25) is 5.91 Å². The van der Waals surface area contributed by atoms with E-state index in [1.54, 1.807) is 29.7 Å². The standard InChI is InChI=1S/C22H22FN3O2S/c1-13(15-7-9-16(23)10-8-15)24-20(27)14(2)29-22-25-19-6-4-3-5-18(19)21(28)26(22)17-11-12-17/h3-10,13-14,17H,11-12H2,1-2H3,(H,24,27)/t13-,14+/m1/s1. The Balaban J connectivity index is 1.54. The van der Waals surface area contributed by atoms with Crippen LogP contribution in [0.2, 0.25) is 0 Å². The van der Waals surface area contributed by atoms with Crippen molar-refractivity contribution in [1.82, 2.24) is 14.9 Å². The molecule has 1 aliphatic carbocycles. The van der Waals surface area contributed by atoms with Gasteiger partial charge in [-0.1, -0.05) is 36.0 Å². The number of benzene rings is 2. The summed E-state index contributed by atoms with van der Waals surface area (Å²) in [6.45, 7) is 3.66. The Morgan fingerprint density at radius 1 is 1.17 bits per heavy atom. The predicted molar refractivity (Wildman–Crippen MR) is 113 cm³/mol. The molecule has 1 aliphatic rings. The molecule has 2 aromatic carbocycles. The second-order valence-corrected chi connectivity index (χ2v) is 8.67. The van der Waals surface area contributed by atoms with Crippen LogP contribution in [0.4, 0.5) is 4.39 Å². The van der Waals surface area contributed by atoms with Crippen LogP contribution in [-0.4, -0.2) is 20.7 Å². The van der Waals surface area contributed by atoms with Gasteiger partial charge in [-0.25, -0.2) is 9.37 Å². The number of amides is 1. The first kappa shape index (κ1) is 19.6. The van der Waals surface area contributed by atoms with Gasteiger partial charge in [0.25, 0.3) is 5.56 Å². The van der Waals surface area contributed by atoms with E-state index in [4.69, 9.17) is 0 Å². The number of thioether (sulfide) groups is 1. The smallest absolute Gasteiger partial charge is 0.262 e. The molecule has 1 aromatic heterocycles.